The molecule has 0 saturated heterocycles. The Morgan fingerprint density at radius 1 is 1.25 bits per heavy atom. The van der Waals surface area contributed by atoms with Gasteiger partial charge < -0.3 is 15.2 Å². The van der Waals surface area contributed by atoms with Gasteiger partial charge in [0.25, 0.3) is 0 Å². The highest BCUT2D eigenvalue weighted by atomic mass is 19.1. The van der Waals surface area contributed by atoms with Gasteiger partial charge in [-0.3, -0.25) is 0 Å². The van der Waals surface area contributed by atoms with Gasteiger partial charge in [0.15, 0.2) is 17.3 Å². The van der Waals surface area contributed by atoms with Gasteiger partial charge in [0.05, 0.1) is 14.2 Å². The fourth-order valence-electron chi connectivity index (χ4n) is 1.60. The minimum Gasteiger partial charge on any atom is -0.493 e. The van der Waals surface area contributed by atoms with Gasteiger partial charge in [-0.15, -0.1) is 0 Å². The van der Waals surface area contributed by atoms with Crippen molar-refractivity contribution in [3.63, 3.8) is 0 Å². The predicted octanol–water partition coefficient (Wildman–Crippen LogP) is 2.12. The summed E-state index contributed by atoms with van der Waals surface area (Å²) in [4.78, 5) is 0. The Morgan fingerprint density at radius 2 is 1.88 bits per heavy atom. The molecule has 0 atom stereocenters. The molecule has 0 aromatic heterocycles. The van der Waals surface area contributed by atoms with Crippen LogP contribution in [0.1, 0.15) is 19.4 Å². The Kier molecular flexibility index (Phi) is 3.75. The zero-order valence-corrected chi connectivity index (χ0v) is 10.1. The van der Waals surface area contributed by atoms with E-state index in [4.69, 9.17) is 15.2 Å². The average Bonchev–Trinajstić information content (AvgIpc) is 2.14. The normalized spacial score (nSPS) is 11.4. The van der Waals surface area contributed by atoms with Crippen LogP contribution in [0.5, 0.6) is 11.5 Å². The molecule has 0 radical (unpaired) electrons. The lowest BCUT2D eigenvalue weighted by Gasteiger charge is -2.19. The van der Waals surface area contributed by atoms with Crippen LogP contribution in [-0.4, -0.2) is 19.8 Å². The van der Waals surface area contributed by atoms with Crippen molar-refractivity contribution >= 4 is 0 Å². The van der Waals surface area contributed by atoms with Crippen LogP contribution in [0.4, 0.5) is 4.39 Å². The van der Waals surface area contributed by atoms with Crippen molar-refractivity contribution < 1.29 is 13.9 Å². The van der Waals surface area contributed by atoms with Crippen molar-refractivity contribution in [1.82, 2.24) is 0 Å². The second kappa shape index (κ2) is 4.70. The lowest BCUT2D eigenvalue weighted by molar-refractivity contribution is 0.336. The third-order valence-corrected chi connectivity index (χ3v) is 2.15. The molecule has 3 nitrogen and oxygen atoms in total. The summed E-state index contributed by atoms with van der Waals surface area (Å²) in [6.07, 6.45) is 0.574. The first kappa shape index (κ1) is 12.8. The zero-order valence-electron chi connectivity index (χ0n) is 10.1. The monoisotopic (exact) mass is 227 g/mol. The first-order valence-corrected chi connectivity index (χ1v) is 5.06. The quantitative estimate of drug-likeness (QED) is 0.857. The van der Waals surface area contributed by atoms with Gasteiger partial charge in [0.1, 0.15) is 0 Å². The highest BCUT2D eigenvalue weighted by molar-refractivity contribution is 5.44. The molecule has 0 fully saturated rings. The van der Waals surface area contributed by atoms with E-state index in [0.29, 0.717) is 12.2 Å². The maximum absolute atomic E-state index is 13.6. The zero-order chi connectivity index (χ0) is 12.3. The van der Waals surface area contributed by atoms with Crippen LogP contribution in [0.2, 0.25) is 0 Å². The maximum atomic E-state index is 13.6. The van der Waals surface area contributed by atoms with Crippen LogP contribution in [0, 0.1) is 5.82 Å². The molecule has 90 valence electrons. The van der Waals surface area contributed by atoms with Gasteiger partial charge in [-0.2, -0.15) is 0 Å². The van der Waals surface area contributed by atoms with Gasteiger partial charge in [-0.1, -0.05) is 0 Å². The SMILES string of the molecule is COc1cc(CC(C)(C)N)cc(F)c1OC. The number of benzene rings is 1. The Balaban J connectivity index is 3.10. The minimum absolute atomic E-state index is 0.126. The largest absolute Gasteiger partial charge is 0.493 e. The molecule has 16 heavy (non-hydrogen) atoms. The molecule has 0 amide bonds. The second-order valence-corrected chi connectivity index (χ2v) is 4.48. The van der Waals surface area contributed by atoms with Gasteiger partial charge >= 0.3 is 0 Å². The van der Waals surface area contributed by atoms with E-state index >= 15 is 0 Å². The average molecular weight is 227 g/mol. The number of nitrogens with two attached hydrogens (primary N) is 1. The number of methoxy groups -OCH3 is 2. The molecule has 0 bridgehead atoms. The highest BCUT2D eigenvalue weighted by Gasteiger charge is 2.17. The molecule has 0 aliphatic carbocycles. The van der Waals surface area contributed by atoms with E-state index in [9.17, 15) is 4.39 Å². The molecule has 1 aromatic rings. The molecule has 4 heteroatoms. The highest BCUT2D eigenvalue weighted by Crippen LogP contribution is 2.32. The molecule has 1 rings (SSSR count). The Labute approximate surface area is 95.4 Å². The fourth-order valence-corrected chi connectivity index (χ4v) is 1.60. The molecule has 0 heterocycles. The summed E-state index contributed by atoms with van der Waals surface area (Å²) in [5.74, 6) is 0.0870. The van der Waals surface area contributed by atoms with Crippen molar-refractivity contribution in [2.24, 2.45) is 5.73 Å². The van der Waals surface area contributed by atoms with E-state index in [1.54, 1.807) is 6.07 Å². The van der Waals surface area contributed by atoms with Crippen molar-refractivity contribution in [1.29, 1.82) is 0 Å². The summed E-state index contributed by atoms with van der Waals surface area (Å²) >= 11 is 0. The first-order chi connectivity index (χ1) is 7.37. The van der Waals surface area contributed by atoms with Gasteiger partial charge in [-0.05, 0) is 38.0 Å². The third kappa shape index (κ3) is 3.10. The smallest absolute Gasteiger partial charge is 0.196 e. The Morgan fingerprint density at radius 3 is 2.31 bits per heavy atom. The van der Waals surface area contributed by atoms with Crippen molar-refractivity contribution in [2.45, 2.75) is 25.8 Å². The lowest BCUT2D eigenvalue weighted by Crippen LogP contribution is -2.34. The fraction of sp³-hybridized carbons (Fsp3) is 0.500. The van der Waals surface area contributed by atoms with Crippen molar-refractivity contribution in [3.8, 4) is 11.5 Å². The van der Waals surface area contributed by atoms with E-state index in [1.807, 2.05) is 13.8 Å². The molecular weight excluding hydrogens is 209 g/mol. The molecular formula is C12H18FNO2. The van der Waals surface area contributed by atoms with Crippen LogP contribution < -0.4 is 15.2 Å². The maximum Gasteiger partial charge on any atom is 0.196 e. The first-order valence-electron chi connectivity index (χ1n) is 5.06. The van der Waals surface area contributed by atoms with E-state index in [2.05, 4.69) is 0 Å². The third-order valence-electron chi connectivity index (χ3n) is 2.15. The number of hydrogen-bond acceptors (Lipinski definition) is 3. The second-order valence-electron chi connectivity index (χ2n) is 4.48. The molecule has 0 unspecified atom stereocenters. The Hall–Kier alpha value is -1.29. The summed E-state index contributed by atoms with van der Waals surface area (Å²) < 4.78 is 23.6. The summed E-state index contributed by atoms with van der Waals surface area (Å²) in [5, 5.41) is 0. The van der Waals surface area contributed by atoms with Crippen LogP contribution in [0.25, 0.3) is 0 Å². The van der Waals surface area contributed by atoms with Crippen molar-refractivity contribution in [2.75, 3.05) is 14.2 Å². The predicted molar refractivity (Wildman–Crippen MR) is 61.5 cm³/mol. The topological polar surface area (TPSA) is 44.5 Å². The minimum atomic E-state index is -0.430. The van der Waals surface area contributed by atoms with Gasteiger partial charge in [0.2, 0.25) is 0 Å². The molecule has 2 N–H and O–H groups in total. The molecule has 0 aliphatic rings. The molecule has 1 aromatic carbocycles. The Bertz CT molecular complexity index is 372. The van der Waals surface area contributed by atoms with Crippen LogP contribution in [-0.2, 0) is 6.42 Å². The number of halogens is 1. The standard InChI is InChI=1S/C12H18FNO2/c1-12(2,14)7-8-5-9(13)11(16-4)10(6-8)15-3/h5-6H,7,14H2,1-4H3. The summed E-state index contributed by atoms with van der Waals surface area (Å²) in [7, 11) is 2.89. The molecule has 0 aliphatic heterocycles. The number of rotatable bonds is 4. The van der Waals surface area contributed by atoms with Crippen molar-refractivity contribution in [3.05, 3.63) is 23.5 Å². The summed E-state index contributed by atoms with van der Waals surface area (Å²) in [5.41, 5.74) is 6.30. The summed E-state index contributed by atoms with van der Waals surface area (Å²) in [6, 6.07) is 3.17. The van der Waals surface area contributed by atoms with E-state index < -0.39 is 5.82 Å². The van der Waals surface area contributed by atoms with Crippen LogP contribution >= 0.6 is 0 Å². The van der Waals surface area contributed by atoms with Gasteiger partial charge in [0, 0.05) is 5.54 Å². The van der Waals surface area contributed by atoms with Crippen LogP contribution in [0.3, 0.4) is 0 Å². The molecule has 0 spiro atoms. The van der Waals surface area contributed by atoms with Crippen LogP contribution in [0.15, 0.2) is 12.1 Å². The molecule has 0 saturated carbocycles. The number of hydrogen-bond donors (Lipinski definition) is 1. The van der Waals surface area contributed by atoms with E-state index in [-0.39, 0.29) is 11.3 Å². The number of ether oxygens (including phenoxy) is 2. The van der Waals surface area contributed by atoms with Gasteiger partial charge in [-0.25, -0.2) is 4.39 Å². The van der Waals surface area contributed by atoms with E-state index in [1.165, 1.54) is 20.3 Å². The lowest BCUT2D eigenvalue weighted by atomic mass is 9.96. The van der Waals surface area contributed by atoms with E-state index in [0.717, 1.165) is 5.56 Å². The summed E-state index contributed by atoms with van der Waals surface area (Å²) in [6.45, 7) is 3.78.